The van der Waals surface area contributed by atoms with Crippen LogP contribution in [0.3, 0.4) is 0 Å². The molecule has 0 saturated heterocycles. The SMILES string of the molecule is S=C(NC1CCCCCCCCCCC1)N[C@@H]1C[C@@H]2C=C[C@@H]1C2. The molecule has 23 heavy (non-hydrogen) atoms. The fourth-order valence-corrected chi connectivity index (χ4v) is 4.97. The highest BCUT2D eigenvalue weighted by molar-refractivity contribution is 7.80. The second-order valence-electron chi connectivity index (χ2n) is 7.96. The van der Waals surface area contributed by atoms with Gasteiger partial charge in [-0.3, -0.25) is 0 Å². The molecule has 0 aromatic rings. The van der Waals surface area contributed by atoms with E-state index in [1.807, 2.05) is 0 Å². The van der Waals surface area contributed by atoms with E-state index in [0.29, 0.717) is 12.1 Å². The number of hydrogen-bond donors (Lipinski definition) is 2. The van der Waals surface area contributed by atoms with Crippen LogP contribution in [0.4, 0.5) is 0 Å². The first kappa shape index (κ1) is 17.3. The van der Waals surface area contributed by atoms with Gasteiger partial charge in [-0.25, -0.2) is 0 Å². The zero-order chi connectivity index (χ0) is 15.9. The lowest BCUT2D eigenvalue weighted by molar-refractivity contribution is 0.436. The summed E-state index contributed by atoms with van der Waals surface area (Å²) in [6.45, 7) is 0. The van der Waals surface area contributed by atoms with Crippen LogP contribution < -0.4 is 10.6 Å². The second-order valence-corrected chi connectivity index (χ2v) is 8.37. The van der Waals surface area contributed by atoms with Crippen molar-refractivity contribution < 1.29 is 0 Å². The molecule has 2 bridgehead atoms. The van der Waals surface area contributed by atoms with Crippen LogP contribution in [0, 0.1) is 11.8 Å². The Hall–Kier alpha value is -0.570. The molecule has 3 heteroatoms. The number of fused-ring (bicyclic) bond motifs is 2. The monoisotopic (exact) mass is 334 g/mol. The predicted octanol–water partition coefficient (Wildman–Crippen LogP) is 5.09. The Kier molecular flexibility index (Phi) is 6.79. The molecule has 0 spiro atoms. The molecular weight excluding hydrogens is 300 g/mol. The lowest BCUT2D eigenvalue weighted by Crippen LogP contribution is -2.47. The summed E-state index contributed by atoms with van der Waals surface area (Å²) in [5, 5.41) is 8.18. The summed E-state index contributed by atoms with van der Waals surface area (Å²) in [5.41, 5.74) is 0. The topological polar surface area (TPSA) is 24.1 Å². The number of nitrogens with one attached hydrogen (secondary N) is 2. The molecule has 0 radical (unpaired) electrons. The predicted molar refractivity (Wildman–Crippen MR) is 103 cm³/mol. The van der Waals surface area contributed by atoms with E-state index in [-0.39, 0.29) is 0 Å². The average molecular weight is 335 g/mol. The summed E-state index contributed by atoms with van der Waals surface area (Å²) in [4.78, 5) is 0. The van der Waals surface area contributed by atoms with Gasteiger partial charge in [-0.1, -0.05) is 69.9 Å². The fraction of sp³-hybridized carbons (Fsp3) is 0.850. The first-order valence-corrected chi connectivity index (χ1v) is 10.5. The Morgan fingerprint density at radius 3 is 1.87 bits per heavy atom. The van der Waals surface area contributed by atoms with Gasteiger partial charge >= 0.3 is 0 Å². The number of thiocarbonyl (C=S) groups is 1. The Morgan fingerprint density at radius 2 is 1.35 bits per heavy atom. The van der Waals surface area contributed by atoms with Gasteiger partial charge in [0.2, 0.25) is 0 Å². The third kappa shape index (κ3) is 5.48. The van der Waals surface area contributed by atoms with Gasteiger partial charge in [0, 0.05) is 12.1 Å². The van der Waals surface area contributed by atoms with Gasteiger partial charge < -0.3 is 10.6 Å². The van der Waals surface area contributed by atoms with Crippen LogP contribution >= 0.6 is 12.2 Å². The van der Waals surface area contributed by atoms with Crippen molar-refractivity contribution >= 4 is 17.3 Å². The van der Waals surface area contributed by atoms with Gasteiger partial charge in [0.1, 0.15) is 0 Å². The van der Waals surface area contributed by atoms with Crippen molar-refractivity contribution in [2.75, 3.05) is 0 Å². The molecule has 3 aliphatic rings. The molecule has 0 aromatic heterocycles. The zero-order valence-corrected chi connectivity index (χ0v) is 15.4. The van der Waals surface area contributed by atoms with E-state index in [1.54, 1.807) is 0 Å². The molecule has 0 unspecified atom stereocenters. The van der Waals surface area contributed by atoms with Gasteiger partial charge in [0.05, 0.1) is 0 Å². The third-order valence-corrected chi connectivity index (χ3v) is 6.27. The van der Waals surface area contributed by atoms with E-state index in [4.69, 9.17) is 12.2 Å². The van der Waals surface area contributed by atoms with E-state index in [1.165, 1.54) is 83.5 Å². The van der Waals surface area contributed by atoms with Crippen LogP contribution in [0.25, 0.3) is 0 Å². The third-order valence-electron chi connectivity index (χ3n) is 6.04. The number of rotatable bonds is 2. The number of allylic oxidation sites excluding steroid dienone is 1. The summed E-state index contributed by atoms with van der Waals surface area (Å²) >= 11 is 5.63. The molecule has 0 heterocycles. The maximum Gasteiger partial charge on any atom is 0.166 e. The first-order chi connectivity index (χ1) is 11.3. The van der Waals surface area contributed by atoms with Gasteiger partial charge in [0.25, 0.3) is 0 Å². The van der Waals surface area contributed by atoms with Crippen molar-refractivity contribution in [3.05, 3.63) is 12.2 Å². The Balaban J connectivity index is 1.41. The molecule has 130 valence electrons. The smallest absolute Gasteiger partial charge is 0.166 e. The standard InChI is InChI=1S/C20H34N2S/c23-20(22-19-15-16-12-13-17(19)14-16)21-18-10-8-6-4-2-1-3-5-7-9-11-18/h12-13,16-19H,1-11,14-15H2,(H2,21,22,23)/t16-,17-,19-/m1/s1. The lowest BCUT2D eigenvalue weighted by atomic mass is 9.98. The summed E-state index contributed by atoms with van der Waals surface area (Å²) in [5.74, 6) is 1.53. The maximum atomic E-state index is 5.63. The molecule has 3 atom stereocenters. The van der Waals surface area contributed by atoms with Gasteiger partial charge in [-0.2, -0.15) is 0 Å². The second kappa shape index (κ2) is 9.05. The van der Waals surface area contributed by atoms with E-state index in [9.17, 15) is 0 Å². The van der Waals surface area contributed by atoms with Crippen LogP contribution in [-0.4, -0.2) is 17.2 Å². The van der Waals surface area contributed by atoms with Gasteiger partial charge in [-0.05, 0) is 49.7 Å². The molecule has 0 aromatic carbocycles. The minimum Gasteiger partial charge on any atom is -0.360 e. The van der Waals surface area contributed by atoms with E-state index >= 15 is 0 Å². The molecular formula is C20H34N2S. The van der Waals surface area contributed by atoms with Crippen molar-refractivity contribution in [1.82, 2.24) is 10.6 Å². The molecule has 3 aliphatic carbocycles. The molecule has 2 saturated carbocycles. The quantitative estimate of drug-likeness (QED) is 0.543. The lowest BCUT2D eigenvalue weighted by Gasteiger charge is -2.26. The zero-order valence-electron chi connectivity index (χ0n) is 14.6. The molecule has 2 fully saturated rings. The summed E-state index contributed by atoms with van der Waals surface area (Å²) in [6.07, 6.45) is 22.7. The van der Waals surface area contributed by atoms with Crippen molar-refractivity contribution in [3.63, 3.8) is 0 Å². The van der Waals surface area contributed by atoms with Crippen LogP contribution in [-0.2, 0) is 0 Å². The largest absolute Gasteiger partial charge is 0.360 e. The summed E-state index contributed by atoms with van der Waals surface area (Å²) < 4.78 is 0. The minimum atomic E-state index is 0.580. The van der Waals surface area contributed by atoms with Crippen LogP contribution in [0.15, 0.2) is 12.2 Å². The molecule has 3 rings (SSSR count). The summed E-state index contributed by atoms with van der Waals surface area (Å²) in [7, 11) is 0. The fourth-order valence-electron chi connectivity index (χ4n) is 4.65. The molecule has 2 nitrogen and oxygen atoms in total. The van der Waals surface area contributed by atoms with Gasteiger partial charge in [0.15, 0.2) is 5.11 Å². The summed E-state index contributed by atoms with van der Waals surface area (Å²) in [6, 6.07) is 1.17. The van der Waals surface area contributed by atoms with E-state index in [0.717, 1.165) is 16.9 Å². The Morgan fingerprint density at radius 1 is 0.739 bits per heavy atom. The maximum absolute atomic E-state index is 5.63. The molecule has 0 amide bonds. The van der Waals surface area contributed by atoms with E-state index < -0.39 is 0 Å². The highest BCUT2D eigenvalue weighted by Gasteiger charge is 2.35. The van der Waals surface area contributed by atoms with Crippen LogP contribution in [0.2, 0.25) is 0 Å². The van der Waals surface area contributed by atoms with Crippen molar-refractivity contribution in [2.45, 2.75) is 95.6 Å². The highest BCUT2D eigenvalue weighted by Crippen LogP contribution is 2.38. The first-order valence-electron chi connectivity index (χ1n) is 10.1. The van der Waals surface area contributed by atoms with Gasteiger partial charge in [-0.15, -0.1) is 0 Å². The Labute approximate surface area is 147 Å². The van der Waals surface area contributed by atoms with Crippen molar-refractivity contribution in [3.8, 4) is 0 Å². The average Bonchev–Trinajstić information content (AvgIpc) is 3.12. The molecule has 0 aliphatic heterocycles. The van der Waals surface area contributed by atoms with Crippen LogP contribution in [0.1, 0.15) is 83.5 Å². The van der Waals surface area contributed by atoms with E-state index in [2.05, 4.69) is 22.8 Å². The Bertz CT molecular complexity index is 394. The van der Waals surface area contributed by atoms with Crippen LogP contribution in [0.5, 0.6) is 0 Å². The highest BCUT2D eigenvalue weighted by atomic mass is 32.1. The number of hydrogen-bond acceptors (Lipinski definition) is 1. The normalized spacial score (nSPS) is 33.0. The minimum absolute atomic E-state index is 0.580. The molecule has 2 N–H and O–H groups in total. The van der Waals surface area contributed by atoms with Crippen molar-refractivity contribution in [2.24, 2.45) is 11.8 Å². The van der Waals surface area contributed by atoms with Crippen molar-refractivity contribution in [1.29, 1.82) is 0 Å².